The maximum Gasteiger partial charge on any atom is 0.311 e. The summed E-state index contributed by atoms with van der Waals surface area (Å²) in [6.07, 6.45) is 0.176. The van der Waals surface area contributed by atoms with Crippen molar-refractivity contribution in [3.05, 3.63) is 46.6 Å². The average Bonchev–Trinajstić information content (AvgIpc) is 2.51. The number of hydrogen-bond donors (Lipinski definition) is 0. The van der Waals surface area contributed by atoms with Crippen molar-refractivity contribution < 1.29 is 18.7 Å². The Balaban J connectivity index is 1.90. The molecule has 0 saturated carbocycles. The predicted octanol–water partition coefficient (Wildman–Crippen LogP) is 2.57. The molecule has 23 heavy (non-hydrogen) atoms. The summed E-state index contributed by atoms with van der Waals surface area (Å²) in [5, 5.41) is 0. The molecule has 6 nitrogen and oxygen atoms in total. The fourth-order valence-electron chi connectivity index (χ4n) is 2.11. The van der Waals surface area contributed by atoms with Gasteiger partial charge in [-0.15, -0.1) is 0 Å². The van der Waals surface area contributed by atoms with Crippen LogP contribution in [0.2, 0.25) is 0 Å². The number of esters is 1. The fourth-order valence-corrected chi connectivity index (χ4v) is 2.11. The zero-order chi connectivity index (χ0) is 16.4. The first-order valence-electron chi connectivity index (χ1n) is 7.06. The topological polar surface area (TPSA) is 86.5 Å². The van der Waals surface area contributed by atoms with Gasteiger partial charge in [0.15, 0.2) is 16.8 Å². The molecule has 1 aliphatic heterocycles. The lowest BCUT2D eigenvalue weighted by atomic mass is 10.2. The minimum atomic E-state index is -0.491. The number of Topliss-reactive ketones (excluding diaryl/α,β-unsaturated/α-hetero) is 1. The Kier molecular flexibility index (Phi) is 3.89. The molecular formula is C17H13NO5. The summed E-state index contributed by atoms with van der Waals surface area (Å²) >= 11 is 0. The van der Waals surface area contributed by atoms with Crippen LogP contribution in [0.1, 0.15) is 19.8 Å². The van der Waals surface area contributed by atoms with Crippen LogP contribution in [0.4, 0.5) is 0 Å². The van der Waals surface area contributed by atoms with E-state index >= 15 is 0 Å². The van der Waals surface area contributed by atoms with E-state index in [9.17, 15) is 14.4 Å². The average molecular weight is 311 g/mol. The number of hydrogen-bond acceptors (Lipinski definition) is 6. The Morgan fingerprint density at radius 2 is 1.96 bits per heavy atom. The van der Waals surface area contributed by atoms with Gasteiger partial charge in [0.1, 0.15) is 22.7 Å². The normalized spacial score (nSPS) is 10.8. The van der Waals surface area contributed by atoms with Crippen LogP contribution in [0.15, 0.2) is 45.6 Å². The lowest BCUT2D eigenvalue weighted by Gasteiger charge is -2.07. The summed E-state index contributed by atoms with van der Waals surface area (Å²) in [6.45, 7) is 1.42. The van der Waals surface area contributed by atoms with Crippen molar-refractivity contribution in [2.45, 2.75) is 19.8 Å². The second-order valence-corrected chi connectivity index (χ2v) is 5.15. The first-order chi connectivity index (χ1) is 11.0. The van der Waals surface area contributed by atoms with Crippen LogP contribution in [0.3, 0.4) is 0 Å². The van der Waals surface area contributed by atoms with Gasteiger partial charge >= 0.3 is 5.97 Å². The number of ketones is 1. The molecule has 0 bridgehead atoms. The molecule has 1 aromatic rings. The Labute approximate surface area is 131 Å². The van der Waals surface area contributed by atoms with Gasteiger partial charge in [-0.25, -0.2) is 4.98 Å². The zero-order valence-electron chi connectivity index (χ0n) is 12.4. The standard InChI is InChI=1S/C17H13NO5/c1-10(19)2-7-17(21)22-12-4-6-14-16(9-12)23-15-8-11(20)3-5-13(15)18-14/h3-6,8-9H,2,7H2,1H3. The van der Waals surface area contributed by atoms with E-state index in [4.69, 9.17) is 9.15 Å². The molecule has 1 heterocycles. The predicted molar refractivity (Wildman–Crippen MR) is 82.5 cm³/mol. The van der Waals surface area contributed by atoms with E-state index in [1.165, 1.54) is 25.1 Å². The first kappa shape index (κ1) is 14.9. The van der Waals surface area contributed by atoms with E-state index in [1.807, 2.05) is 0 Å². The Hall–Kier alpha value is -3.02. The molecule has 0 saturated heterocycles. The fraction of sp³-hybridized carbons (Fsp3) is 0.176. The molecule has 0 N–H and O–H groups in total. The van der Waals surface area contributed by atoms with Crippen LogP contribution >= 0.6 is 0 Å². The molecule has 0 aromatic heterocycles. The van der Waals surface area contributed by atoms with Gasteiger partial charge < -0.3 is 13.9 Å². The zero-order valence-corrected chi connectivity index (χ0v) is 12.4. The minimum absolute atomic E-state index is 0.0278. The number of ether oxygens (including phenoxy) is 1. The highest BCUT2D eigenvalue weighted by molar-refractivity contribution is 5.83. The Morgan fingerprint density at radius 1 is 1.13 bits per heavy atom. The van der Waals surface area contributed by atoms with Crippen LogP contribution in [0.5, 0.6) is 5.75 Å². The SMILES string of the molecule is CC(=O)CCC(=O)Oc1ccc2nc3ccc(=O)cc-3oc2c1. The van der Waals surface area contributed by atoms with E-state index in [2.05, 4.69) is 4.98 Å². The molecule has 0 unspecified atom stereocenters. The van der Waals surface area contributed by atoms with E-state index in [1.54, 1.807) is 18.2 Å². The lowest BCUT2D eigenvalue weighted by molar-refractivity contribution is -0.135. The van der Waals surface area contributed by atoms with E-state index in [0.717, 1.165) is 0 Å². The lowest BCUT2D eigenvalue weighted by Crippen LogP contribution is -2.09. The summed E-state index contributed by atoms with van der Waals surface area (Å²) in [5.74, 6) is 0.106. The molecule has 0 spiro atoms. The van der Waals surface area contributed by atoms with Crippen molar-refractivity contribution >= 4 is 22.9 Å². The van der Waals surface area contributed by atoms with Crippen molar-refractivity contribution in [2.75, 3.05) is 0 Å². The molecule has 0 amide bonds. The van der Waals surface area contributed by atoms with Crippen LogP contribution in [-0.4, -0.2) is 16.7 Å². The van der Waals surface area contributed by atoms with Crippen LogP contribution in [0.25, 0.3) is 22.6 Å². The summed E-state index contributed by atoms with van der Waals surface area (Å²) in [7, 11) is 0. The quantitative estimate of drug-likeness (QED) is 0.418. The highest BCUT2D eigenvalue weighted by Crippen LogP contribution is 2.26. The maximum absolute atomic E-state index is 11.6. The third kappa shape index (κ3) is 3.42. The van der Waals surface area contributed by atoms with Crippen LogP contribution in [-0.2, 0) is 9.59 Å². The van der Waals surface area contributed by atoms with Gasteiger partial charge in [0.05, 0.1) is 6.42 Å². The van der Waals surface area contributed by atoms with E-state index in [-0.39, 0.29) is 24.1 Å². The highest BCUT2D eigenvalue weighted by Gasteiger charge is 2.11. The summed E-state index contributed by atoms with van der Waals surface area (Å²) in [4.78, 5) is 38.3. The van der Waals surface area contributed by atoms with Gasteiger partial charge in [0, 0.05) is 18.6 Å². The number of carbonyl (C=O) groups excluding carboxylic acids is 2. The van der Waals surface area contributed by atoms with Gasteiger partial charge in [-0.3, -0.25) is 9.59 Å². The monoisotopic (exact) mass is 311 g/mol. The number of rotatable bonds is 4. The number of carbonyl (C=O) groups is 2. The smallest absolute Gasteiger partial charge is 0.311 e. The molecule has 0 atom stereocenters. The molecule has 0 radical (unpaired) electrons. The van der Waals surface area contributed by atoms with Gasteiger partial charge in [0.25, 0.3) is 0 Å². The second-order valence-electron chi connectivity index (χ2n) is 5.15. The van der Waals surface area contributed by atoms with Gasteiger partial charge in [-0.1, -0.05) is 0 Å². The highest BCUT2D eigenvalue weighted by atomic mass is 16.5. The molecule has 6 heteroatoms. The first-order valence-corrected chi connectivity index (χ1v) is 7.06. The number of benzene rings is 2. The largest absolute Gasteiger partial charge is 0.453 e. The summed E-state index contributed by atoms with van der Waals surface area (Å²) < 4.78 is 10.8. The maximum atomic E-state index is 11.6. The number of aromatic nitrogens is 1. The van der Waals surface area contributed by atoms with Crippen molar-refractivity contribution in [1.82, 2.24) is 4.98 Å². The van der Waals surface area contributed by atoms with Gasteiger partial charge in [0.2, 0.25) is 0 Å². The third-order valence-corrected chi connectivity index (χ3v) is 3.24. The van der Waals surface area contributed by atoms with Crippen molar-refractivity contribution in [1.29, 1.82) is 0 Å². The molecule has 116 valence electrons. The van der Waals surface area contributed by atoms with Gasteiger partial charge in [-0.2, -0.15) is 0 Å². The second kappa shape index (κ2) is 6.00. The summed E-state index contributed by atoms with van der Waals surface area (Å²) in [5.41, 5.74) is 1.39. The van der Waals surface area contributed by atoms with Crippen LogP contribution < -0.4 is 10.2 Å². The van der Waals surface area contributed by atoms with Crippen molar-refractivity contribution in [3.8, 4) is 17.2 Å². The third-order valence-electron chi connectivity index (χ3n) is 3.24. The Morgan fingerprint density at radius 3 is 2.74 bits per heavy atom. The van der Waals surface area contributed by atoms with Gasteiger partial charge in [-0.05, 0) is 31.2 Å². The van der Waals surface area contributed by atoms with Crippen molar-refractivity contribution in [2.24, 2.45) is 0 Å². The Bertz CT molecular complexity index is 928. The molecular weight excluding hydrogens is 298 g/mol. The molecule has 1 aromatic carbocycles. The molecule has 2 aliphatic rings. The molecule has 1 aliphatic carbocycles. The van der Waals surface area contributed by atoms with E-state index < -0.39 is 5.97 Å². The minimum Gasteiger partial charge on any atom is -0.453 e. The molecule has 0 fully saturated rings. The van der Waals surface area contributed by atoms with Crippen molar-refractivity contribution in [3.63, 3.8) is 0 Å². The van der Waals surface area contributed by atoms with Crippen LogP contribution in [0, 0.1) is 0 Å². The van der Waals surface area contributed by atoms with E-state index in [0.29, 0.717) is 28.3 Å². The number of nitrogens with zero attached hydrogens (tertiary/aromatic N) is 1. The molecule has 3 rings (SSSR count). The number of fused-ring (bicyclic) bond motifs is 2. The summed E-state index contributed by atoms with van der Waals surface area (Å²) in [6, 6.07) is 9.16.